The molecule has 0 saturated carbocycles. The molecule has 19 heavy (non-hydrogen) atoms. The lowest BCUT2D eigenvalue weighted by atomic mass is 10.2. The Hall–Kier alpha value is -0.300. The third kappa shape index (κ3) is 7.77. The molecule has 7 heteroatoms. The van der Waals surface area contributed by atoms with Crippen molar-refractivity contribution in [2.75, 3.05) is 19.8 Å². The van der Waals surface area contributed by atoms with Gasteiger partial charge in [-0.25, -0.2) is 0 Å². The van der Waals surface area contributed by atoms with Crippen molar-refractivity contribution in [1.29, 1.82) is 0 Å². The monoisotopic (exact) mass is 315 g/mol. The first kappa shape index (κ1) is 16.8. The summed E-state index contributed by atoms with van der Waals surface area (Å²) >= 11 is 7.27. The van der Waals surface area contributed by atoms with Gasteiger partial charge in [-0.1, -0.05) is 18.5 Å². The van der Waals surface area contributed by atoms with Crippen molar-refractivity contribution in [2.45, 2.75) is 32.0 Å². The van der Waals surface area contributed by atoms with E-state index < -0.39 is 12.8 Å². The molecule has 0 aliphatic heterocycles. The summed E-state index contributed by atoms with van der Waals surface area (Å²) in [5, 5.41) is 3.18. The maximum absolute atomic E-state index is 12.0. The minimum atomic E-state index is -4.28. The smallest absolute Gasteiger partial charge is 0.370 e. The van der Waals surface area contributed by atoms with Gasteiger partial charge in [-0.15, -0.1) is 11.3 Å². The van der Waals surface area contributed by atoms with E-state index in [1.165, 1.54) is 11.3 Å². The van der Waals surface area contributed by atoms with E-state index in [9.17, 15) is 13.2 Å². The molecule has 0 amide bonds. The van der Waals surface area contributed by atoms with Crippen LogP contribution in [0.1, 0.15) is 18.2 Å². The van der Waals surface area contributed by atoms with Crippen molar-refractivity contribution < 1.29 is 17.9 Å². The first-order chi connectivity index (χ1) is 8.90. The molecule has 1 N–H and O–H groups in total. The van der Waals surface area contributed by atoms with Crippen LogP contribution >= 0.6 is 22.9 Å². The lowest BCUT2D eigenvalue weighted by Gasteiger charge is -2.18. The summed E-state index contributed by atoms with van der Waals surface area (Å²) < 4.78 is 41.5. The zero-order valence-electron chi connectivity index (χ0n) is 10.6. The van der Waals surface area contributed by atoms with Crippen LogP contribution in [0.5, 0.6) is 0 Å². The number of alkyl halides is 3. The minimum absolute atomic E-state index is 0.0367. The van der Waals surface area contributed by atoms with E-state index in [4.69, 9.17) is 16.3 Å². The molecule has 0 fully saturated rings. The van der Waals surface area contributed by atoms with Crippen molar-refractivity contribution in [3.05, 3.63) is 21.3 Å². The number of nitrogens with one attached hydrogen (secondary N) is 1. The van der Waals surface area contributed by atoms with Crippen LogP contribution in [-0.2, 0) is 11.2 Å². The summed E-state index contributed by atoms with van der Waals surface area (Å²) in [6.07, 6.45) is -2.74. The van der Waals surface area contributed by atoms with Crippen LogP contribution in [-0.4, -0.2) is 32.0 Å². The van der Waals surface area contributed by atoms with Gasteiger partial charge in [-0.05, 0) is 31.5 Å². The first-order valence-electron chi connectivity index (χ1n) is 6.03. The number of rotatable bonds is 8. The van der Waals surface area contributed by atoms with Gasteiger partial charge in [0, 0.05) is 10.9 Å². The maximum atomic E-state index is 12.0. The Morgan fingerprint density at radius 3 is 2.68 bits per heavy atom. The molecule has 1 atom stereocenters. The van der Waals surface area contributed by atoms with E-state index in [0.717, 1.165) is 17.8 Å². The van der Waals surface area contributed by atoms with Crippen LogP contribution in [0.15, 0.2) is 12.1 Å². The molecule has 1 heterocycles. The molecule has 0 aromatic carbocycles. The third-order valence-corrected chi connectivity index (χ3v) is 3.60. The normalized spacial score (nSPS) is 13.7. The molecule has 0 saturated heterocycles. The predicted octanol–water partition coefficient (Wildman–Crippen LogP) is 3.89. The third-order valence-electron chi connectivity index (χ3n) is 2.34. The van der Waals surface area contributed by atoms with Crippen LogP contribution in [0.4, 0.5) is 13.2 Å². The highest BCUT2D eigenvalue weighted by Crippen LogP contribution is 2.22. The van der Waals surface area contributed by atoms with Crippen LogP contribution in [0, 0.1) is 0 Å². The molecular formula is C12H17ClF3NOS. The molecule has 2 nitrogen and oxygen atoms in total. The molecule has 1 rings (SSSR count). The Kier molecular flexibility index (Phi) is 7.13. The van der Waals surface area contributed by atoms with E-state index in [-0.39, 0.29) is 12.6 Å². The Morgan fingerprint density at radius 2 is 2.16 bits per heavy atom. The van der Waals surface area contributed by atoms with Crippen LogP contribution in [0.3, 0.4) is 0 Å². The van der Waals surface area contributed by atoms with E-state index in [0.29, 0.717) is 10.8 Å². The van der Waals surface area contributed by atoms with Gasteiger partial charge < -0.3 is 10.1 Å². The van der Waals surface area contributed by atoms with Gasteiger partial charge in [0.2, 0.25) is 0 Å². The van der Waals surface area contributed by atoms with Crippen molar-refractivity contribution in [3.8, 4) is 0 Å². The fourth-order valence-electron chi connectivity index (χ4n) is 1.56. The van der Waals surface area contributed by atoms with E-state index in [1.54, 1.807) is 6.07 Å². The zero-order chi connectivity index (χ0) is 14.3. The van der Waals surface area contributed by atoms with Crippen molar-refractivity contribution in [2.24, 2.45) is 0 Å². The summed E-state index contributed by atoms with van der Waals surface area (Å²) in [5.41, 5.74) is 0. The molecule has 110 valence electrons. The summed E-state index contributed by atoms with van der Waals surface area (Å²) in [6, 6.07) is 3.55. The van der Waals surface area contributed by atoms with Gasteiger partial charge in [0.1, 0.15) is 6.61 Å². The van der Waals surface area contributed by atoms with E-state index in [1.807, 2.05) is 13.0 Å². The van der Waals surface area contributed by atoms with Crippen LogP contribution < -0.4 is 5.32 Å². The quantitative estimate of drug-likeness (QED) is 0.786. The fourth-order valence-corrected chi connectivity index (χ4v) is 2.73. The number of hydrogen-bond acceptors (Lipinski definition) is 3. The lowest BCUT2D eigenvalue weighted by molar-refractivity contribution is -0.175. The summed E-state index contributed by atoms with van der Waals surface area (Å²) in [4.78, 5) is 1.04. The highest BCUT2D eigenvalue weighted by Gasteiger charge is 2.27. The van der Waals surface area contributed by atoms with Gasteiger partial charge in [0.05, 0.1) is 10.9 Å². The van der Waals surface area contributed by atoms with Crippen molar-refractivity contribution >= 4 is 22.9 Å². The largest absolute Gasteiger partial charge is 0.411 e. The predicted molar refractivity (Wildman–Crippen MR) is 72.0 cm³/mol. The van der Waals surface area contributed by atoms with Gasteiger partial charge in [0.25, 0.3) is 0 Å². The second-order valence-corrected chi connectivity index (χ2v) is 5.99. The molecule has 0 aliphatic rings. The van der Waals surface area contributed by atoms with E-state index >= 15 is 0 Å². The summed E-state index contributed by atoms with van der Waals surface area (Å²) in [6.45, 7) is 1.58. The Morgan fingerprint density at radius 1 is 1.42 bits per heavy atom. The van der Waals surface area contributed by atoms with Crippen LogP contribution in [0.25, 0.3) is 0 Å². The number of ether oxygens (including phenoxy) is 1. The van der Waals surface area contributed by atoms with Gasteiger partial charge in [0.15, 0.2) is 0 Å². The molecule has 1 aromatic heterocycles. The molecule has 0 spiro atoms. The average molecular weight is 316 g/mol. The first-order valence-corrected chi connectivity index (χ1v) is 7.22. The van der Waals surface area contributed by atoms with Crippen molar-refractivity contribution in [1.82, 2.24) is 5.32 Å². The fraction of sp³-hybridized carbons (Fsp3) is 0.667. The SMILES string of the molecule is CCCNC(COCC(F)(F)F)Cc1ccc(Cl)s1. The van der Waals surface area contributed by atoms with Crippen molar-refractivity contribution in [3.63, 3.8) is 0 Å². The highest BCUT2D eigenvalue weighted by molar-refractivity contribution is 7.16. The Bertz CT molecular complexity index is 370. The molecule has 1 aromatic rings. The zero-order valence-corrected chi connectivity index (χ0v) is 12.2. The van der Waals surface area contributed by atoms with Gasteiger partial charge in [-0.3, -0.25) is 0 Å². The number of hydrogen-bond donors (Lipinski definition) is 1. The highest BCUT2D eigenvalue weighted by atomic mass is 35.5. The molecule has 0 radical (unpaired) electrons. The number of halogens is 4. The van der Waals surface area contributed by atoms with Gasteiger partial charge >= 0.3 is 6.18 Å². The average Bonchev–Trinajstić information content (AvgIpc) is 2.70. The van der Waals surface area contributed by atoms with Gasteiger partial charge in [-0.2, -0.15) is 13.2 Å². The topological polar surface area (TPSA) is 21.3 Å². The molecule has 1 unspecified atom stereocenters. The summed E-state index contributed by atoms with van der Waals surface area (Å²) in [5.74, 6) is 0. The molecule has 0 aliphatic carbocycles. The second kappa shape index (κ2) is 8.09. The lowest BCUT2D eigenvalue weighted by Crippen LogP contribution is -2.37. The molecular weight excluding hydrogens is 299 g/mol. The standard InChI is InChI=1S/C12H17ClF3NOS/c1-2-5-17-9(7-18-8-12(14,15)16)6-10-3-4-11(13)19-10/h3-4,9,17H,2,5-8H2,1H3. The summed E-state index contributed by atoms with van der Waals surface area (Å²) in [7, 11) is 0. The molecule has 0 bridgehead atoms. The number of thiophene rings is 1. The Balaban J connectivity index is 2.42. The van der Waals surface area contributed by atoms with Crippen LogP contribution in [0.2, 0.25) is 4.34 Å². The minimum Gasteiger partial charge on any atom is -0.370 e. The van der Waals surface area contributed by atoms with E-state index in [2.05, 4.69) is 5.32 Å². The second-order valence-electron chi connectivity index (χ2n) is 4.19. The maximum Gasteiger partial charge on any atom is 0.411 e. The Labute approximate surface area is 119 Å².